The maximum absolute atomic E-state index is 13.7. The van der Waals surface area contributed by atoms with E-state index in [1.165, 1.54) is 12.3 Å². The monoisotopic (exact) mass is 313 g/mol. The Morgan fingerprint density at radius 3 is 2.57 bits per heavy atom. The molecular formula is C16H13F2N5. The van der Waals surface area contributed by atoms with E-state index < -0.39 is 11.6 Å². The fourth-order valence-corrected chi connectivity index (χ4v) is 2.00. The number of nitrogens with zero attached hydrogens (tertiary/aromatic N) is 4. The maximum Gasteiger partial charge on any atom is 0.249 e. The molecule has 0 amide bonds. The molecule has 0 spiro atoms. The van der Waals surface area contributed by atoms with Crippen LogP contribution in [0.2, 0.25) is 0 Å². The molecule has 1 heterocycles. The first-order chi connectivity index (χ1) is 11.1. The zero-order valence-electron chi connectivity index (χ0n) is 12.2. The summed E-state index contributed by atoms with van der Waals surface area (Å²) in [5.74, 6) is -0.716. The standard InChI is InChI=1S/C16H13F2N5/c1-23(12-5-3-2-4-6-12)15-10-19-22-16(21-15)20-14-8-7-11(17)9-13(14)18/h2-10H,1H3,(H,20,21,22). The summed E-state index contributed by atoms with van der Waals surface area (Å²) in [7, 11) is 1.83. The zero-order valence-corrected chi connectivity index (χ0v) is 12.2. The molecule has 0 unspecified atom stereocenters. The van der Waals surface area contributed by atoms with E-state index in [2.05, 4.69) is 20.5 Å². The van der Waals surface area contributed by atoms with Crippen molar-refractivity contribution in [2.24, 2.45) is 0 Å². The number of aromatic nitrogens is 3. The number of anilines is 4. The Morgan fingerprint density at radius 2 is 1.83 bits per heavy atom. The van der Waals surface area contributed by atoms with Crippen LogP contribution in [-0.2, 0) is 0 Å². The molecule has 7 heteroatoms. The molecule has 0 radical (unpaired) electrons. The molecule has 3 aromatic rings. The van der Waals surface area contributed by atoms with Crippen LogP contribution in [0.25, 0.3) is 0 Å². The predicted molar refractivity (Wildman–Crippen MR) is 84.0 cm³/mol. The number of halogens is 2. The van der Waals surface area contributed by atoms with Gasteiger partial charge in [0.1, 0.15) is 11.6 Å². The van der Waals surface area contributed by atoms with E-state index in [9.17, 15) is 8.78 Å². The summed E-state index contributed by atoms with van der Waals surface area (Å²) in [4.78, 5) is 6.11. The fraction of sp³-hybridized carbons (Fsp3) is 0.0625. The Bertz CT molecular complexity index is 811. The maximum atomic E-state index is 13.7. The minimum absolute atomic E-state index is 0.0766. The van der Waals surface area contributed by atoms with Crippen LogP contribution >= 0.6 is 0 Å². The minimum atomic E-state index is -0.726. The summed E-state index contributed by atoms with van der Waals surface area (Å²) in [6, 6.07) is 12.8. The highest BCUT2D eigenvalue weighted by Gasteiger charge is 2.10. The lowest BCUT2D eigenvalue weighted by atomic mass is 10.3. The van der Waals surface area contributed by atoms with Gasteiger partial charge in [-0.2, -0.15) is 10.1 Å². The van der Waals surface area contributed by atoms with Gasteiger partial charge in [-0.1, -0.05) is 18.2 Å². The Labute approximate surface area is 131 Å². The average molecular weight is 313 g/mol. The fourth-order valence-electron chi connectivity index (χ4n) is 2.00. The summed E-state index contributed by atoms with van der Waals surface area (Å²) < 4.78 is 26.6. The van der Waals surface area contributed by atoms with Crippen molar-refractivity contribution in [1.29, 1.82) is 0 Å². The lowest BCUT2D eigenvalue weighted by Gasteiger charge is -2.18. The molecule has 0 bridgehead atoms. The van der Waals surface area contributed by atoms with Crippen molar-refractivity contribution in [2.75, 3.05) is 17.3 Å². The van der Waals surface area contributed by atoms with E-state index in [0.717, 1.165) is 17.8 Å². The van der Waals surface area contributed by atoms with Gasteiger partial charge in [0.25, 0.3) is 0 Å². The second-order valence-corrected chi connectivity index (χ2v) is 4.78. The van der Waals surface area contributed by atoms with Crippen LogP contribution in [0, 0.1) is 11.6 Å². The Balaban J connectivity index is 1.85. The van der Waals surface area contributed by atoms with E-state index in [1.807, 2.05) is 42.3 Å². The second-order valence-electron chi connectivity index (χ2n) is 4.78. The molecule has 2 aromatic carbocycles. The number of rotatable bonds is 4. The predicted octanol–water partition coefficient (Wildman–Crippen LogP) is 3.66. The van der Waals surface area contributed by atoms with Gasteiger partial charge in [0.2, 0.25) is 5.95 Å². The van der Waals surface area contributed by atoms with Gasteiger partial charge < -0.3 is 10.2 Å². The van der Waals surface area contributed by atoms with Gasteiger partial charge >= 0.3 is 0 Å². The quantitative estimate of drug-likeness (QED) is 0.796. The third kappa shape index (κ3) is 3.39. The Morgan fingerprint density at radius 1 is 1.04 bits per heavy atom. The highest BCUT2D eigenvalue weighted by molar-refractivity contribution is 5.60. The zero-order chi connectivity index (χ0) is 16.2. The van der Waals surface area contributed by atoms with Crippen molar-refractivity contribution in [3.05, 3.63) is 66.4 Å². The first kappa shape index (κ1) is 14.8. The summed E-state index contributed by atoms with van der Waals surface area (Å²) in [6.45, 7) is 0. The lowest BCUT2D eigenvalue weighted by Crippen LogP contribution is -2.13. The molecular weight excluding hydrogens is 300 g/mol. The number of nitrogens with one attached hydrogen (secondary N) is 1. The number of benzene rings is 2. The first-order valence-corrected chi connectivity index (χ1v) is 6.84. The molecule has 0 aliphatic rings. The molecule has 0 atom stereocenters. The molecule has 23 heavy (non-hydrogen) atoms. The molecule has 0 aliphatic heterocycles. The van der Waals surface area contributed by atoms with Crippen LogP contribution < -0.4 is 10.2 Å². The van der Waals surface area contributed by atoms with Gasteiger partial charge in [0, 0.05) is 18.8 Å². The van der Waals surface area contributed by atoms with Gasteiger partial charge in [-0.15, -0.1) is 5.10 Å². The number of hydrogen-bond donors (Lipinski definition) is 1. The van der Waals surface area contributed by atoms with Crippen molar-refractivity contribution >= 4 is 23.1 Å². The van der Waals surface area contributed by atoms with E-state index in [1.54, 1.807) is 0 Å². The van der Waals surface area contributed by atoms with Crippen LogP contribution in [0.5, 0.6) is 0 Å². The highest BCUT2D eigenvalue weighted by atomic mass is 19.1. The second kappa shape index (κ2) is 6.35. The van der Waals surface area contributed by atoms with Crippen molar-refractivity contribution in [3.63, 3.8) is 0 Å². The van der Waals surface area contributed by atoms with E-state index in [-0.39, 0.29) is 11.6 Å². The van der Waals surface area contributed by atoms with Gasteiger partial charge in [-0.3, -0.25) is 0 Å². The van der Waals surface area contributed by atoms with Crippen molar-refractivity contribution in [2.45, 2.75) is 0 Å². The molecule has 116 valence electrons. The minimum Gasteiger partial charge on any atom is -0.328 e. The Hall–Kier alpha value is -3.09. The van der Waals surface area contributed by atoms with Gasteiger partial charge in [-0.05, 0) is 24.3 Å². The molecule has 0 aliphatic carbocycles. The number of hydrogen-bond acceptors (Lipinski definition) is 5. The lowest BCUT2D eigenvalue weighted by molar-refractivity contribution is 0.586. The third-order valence-electron chi connectivity index (χ3n) is 3.21. The van der Waals surface area contributed by atoms with Crippen LogP contribution in [0.1, 0.15) is 0 Å². The molecule has 3 rings (SSSR count). The Kier molecular flexibility index (Phi) is 4.09. The third-order valence-corrected chi connectivity index (χ3v) is 3.21. The first-order valence-electron chi connectivity index (χ1n) is 6.84. The summed E-state index contributed by atoms with van der Waals surface area (Å²) in [5, 5.41) is 10.4. The molecule has 1 aromatic heterocycles. The van der Waals surface area contributed by atoms with Crippen LogP contribution in [-0.4, -0.2) is 22.2 Å². The van der Waals surface area contributed by atoms with Gasteiger partial charge in [-0.25, -0.2) is 8.78 Å². The summed E-state index contributed by atoms with van der Waals surface area (Å²) in [6.07, 6.45) is 1.50. The molecule has 1 N–H and O–H groups in total. The van der Waals surface area contributed by atoms with Crippen molar-refractivity contribution in [1.82, 2.24) is 15.2 Å². The number of para-hydroxylation sites is 1. The summed E-state index contributed by atoms with van der Waals surface area (Å²) in [5.41, 5.74) is 1.000. The van der Waals surface area contributed by atoms with E-state index in [0.29, 0.717) is 5.82 Å². The van der Waals surface area contributed by atoms with E-state index >= 15 is 0 Å². The van der Waals surface area contributed by atoms with Crippen LogP contribution in [0.4, 0.5) is 31.9 Å². The van der Waals surface area contributed by atoms with Gasteiger partial charge in [0.05, 0.1) is 11.9 Å². The molecule has 5 nitrogen and oxygen atoms in total. The topological polar surface area (TPSA) is 53.9 Å². The van der Waals surface area contributed by atoms with E-state index in [4.69, 9.17) is 0 Å². The smallest absolute Gasteiger partial charge is 0.249 e. The van der Waals surface area contributed by atoms with Crippen LogP contribution in [0.15, 0.2) is 54.7 Å². The highest BCUT2D eigenvalue weighted by Crippen LogP contribution is 2.22. The largest absolute Gasteiger partial charge is 0.328 e. The van der Waals surface area contributed by atoms with Gasteiger partial charge in [0.15, 0.2) is 5.82 Å². The summed E-state index contributed by atoms with van der Waals surface area (Å²) >= 11 is 0. The normalized spacial score (nSPS) is 10.4. The van der Waals surface area contributed by atoms with Crippen molar-refractivity contribution < 1.29 is 8.78 Å². The SMILES string of the molecule is CN(c1ccccc1)c1cnnc(Nc2ccc(F)cc2F)n1. The van der Waals surface area contributed by atoms with Crippen molar-refractivity contribution in [3.8, 4) is 0 Å². The molecule has 0 saturated heterocycles. The molecule has 0 saturated carbocycles. The molecule has 0 fully saturated rings. The van der Waals surface area contributed by atoms with Crippen LogP contribution in [0.3, 0.4) is 0 Å². The average Bonchev–Trinajstić information content (AvgIpc) is 2.58.